The van der Waals surface area contributed by atoms with Gasteiger partial charge >= 0.3 is 0 Å². The molecule has 0 saturated carbocycles. The Morgan fingerprint density at radius 2 is 2.35 bits per heavy atom. The Hall–Kier alpha value is -1.13. The van der Waals surface area contributed by atoms with Gasteiger partial charge in [0, 0.05) is 19.3 Å². The molecule has 0 amide bonds. The fourth-order valence-electron chi connectivity index (χ4n) is 2.66. The van der Waals surface area contributed by atoms with Gasteiger partial charge in [0.1, 0.15) is 0 Å². The molecule has 1 aliphatic heterocycles. The van der Waals surface area contributed by atoms with Crippen LogP contribution in [-0.4, -0.2) is 26.9 Å². The molecule has 1 saturated heterocycles. The molecular weight excluding hydrogens is 257 g/mol. The first-order chi connectivity index (χ1) is 9.74. The van der Waals surface area contributed by atoms with Crippen LogP contribution in [0.3, 0.4) is 0 Å². The van der Waals surface area contributed by atoms with Crippen molar-refractivity contribution in [2.45, 2.75) is 32.2 Å². The van der Waals surface area contributed by atoms with E-state index in [1.807, 2.05) is 6.07 Å². The summed E-state index contributed by atoms with van der Waals surface area (Å²) in [5.74, 6) is 0.567. The van der Waals surface area contributed by atoms with Crippen molar-refractivity contribution >= 4 is 0 Å². The molecule has 4 heteroatoms. The third-order valence-corrected chi connectivity index (χ3v) is 3.81. The third-order valence-electron chi connectivity index (χ3n) is 3.81. The molecule has 2 unspecified atom stereocenters. The van der Waals surface area contributed by atoms with Crippen LogP contribution < -0.4 is 10.1 Å². The fraction of sp³-hybridized carbons (Fsp3) is 0.625. The van der Waals surface area contributed by atoms with E-state index in [0.717, 1.165) is 44.6 Å². The van der Waals surface area contributed by atoms with E-state index in [-0.39, 0.29) is 11.9 Å². The van der Waals surface area contributed by atoms with Crippen LogP contribution in [0.2, 0.25) is 0 Å². The van der Waals surface area contributed by atoms with Crippen LogP contribution in [0.15, 0.2) is 18.2 Å². The van der Waals surface area contributed by atoms with E-state index < -0.39 is 0 Å². The van der Waals surface area contributed by atoms with Crippen LogP contribution in [0.5, 0.6) is 5.75 Å². The van der Waals surface area contributed by atoms with Gasteiger partial charge in [-0.2, -0.15) is 0 Å². The number of halogens is 1. The van der Waals surface area contributed by atoms with E-state index in [1.165, 1.54) is 7.11 Å². The lowest BCUT2D eigenvalue weighted by Crippen LogP contribution is -2.25. The molecule has 1 fully saturated rings. The summed E-state index contributed by atoms with van der Waals surface area (Å²) in [6.07, 6.45) is 3.16. The first-order valence-corrected chi connectivity index (χ1v) is 7.39. The fourth-order valence-corrected chi connectivity index (χ4v) is 2.66. The van der Waals surface area contributed by atoms with Crippen molar-refractivity contribution in [3.8, 4) is 5.75 Å². The largest absolute Gasteiger partial charge is 0.494 e. The van der Waals surface area contributed by atoms with Gasteiger partial charge < -0.3 is 14.8 Å². The van der Waals surface area contributed by atoms with Crippen LogP contribution in [0, 0.1) is 11.7 Å². The SMILES string of the molecule is CCCNC(CC1CCOC1)c1ccc(OC)c(F)c1. The Balaban J connectivity index is 2.09. The van der Waals surface area contributed by atoms with Gasteiger partial charge in [0.05, 0.1) is 7.11 Å². The van der Waals surface area contributed by atoms with Gasteiger partial charge in [-0.05, 0) is 49.4 Å². The molecule has 1 aromatic carbocycles. The van der Waals surface area contributed by atoms with Gasteiger partial charge in [-0.3, -0.25) is 0 Å². The van der Waals surface area contributed by atoms with Crippen molar-refractivity contribution in [2.75, 3.05) is 26.9 Å². The van der Waals surface area contributed by atoms with E-state index in [2.05, 4.69) is 12.2 Å². The summed E-state index contributed by atoms with van der Waals surface area (Å²) in [7, 11) is 1.49. The van der Waals surface area contributed by atoms with E-state index in [4.69, 9.17) is 9.47 Å². The molecular formula is C16H24FNO2. The maximum absolute atomic E-state index is 13.9. The summed E-state index contributed by atoms with van der Waals surface area (Å²) in [6.45, 7) is 4.74. The van der Waals surface area contributed by atoms with Crippen LogP contribution in [0.1, 0.15) is 37.8 Å². The number of benzene rings is 1. The Kier molecular flexibility index (Phi) is 5.80. The topological polar surface area (TPSA) is 30.5 Å². The number of hydrogen-bond donors (Lipinski definition) is 1. The Labute approximate surface area is 120 Å². The first-order valence-electron chi connectivity index (χ1n) is 7.39. The summed E-state index contributed by atoms with van der Waals surface area (Å²) in [4.78, 5) is 0. The zero-order chi connectivity index (χ0) is 14.4. The lowest BCUT2D eigenvalue weighted by atomic mass is 9.94. The Bertz CT molecular complexity index is 419. The van der Waals surface area contributed by atoms with E-state index in [0.29, 0.717) is 11.7 Å². The van der Waals surface area contributed by atoms with E-state index in [1.54, 1.807) is 12.1 Å². The van der Waals surface area contributed by atoms with Crippen molar-refractivity contribution in [2.24, 2.45) is 5.92 Å². The third kappa shape index (κ3) is 3.93. The quantitative estimate of drug-likeness (QED) is 0.832. The molecule has 20 heavy (non-hydrogen) atoms. The molecule has 1 aromatic rings. The molecule has 112 valence electrons. The minimum atomic E-state index is -0.295. The lowest BCUT2D eigenvalue weighted by molar-refractivity contribution is 0.181. The van der Waals surface area contributed by atoms with Crippen LogP contribution in [0.25, 0.3) is 0 Å². The molecule has 2 atom stereocenters. The van der Waals surface area contributed by atoms with Gasteiger partial charge in [0.15, 0.2) is 11.6 Å². The van der Waals surface area contributed by atoms with Crippen molar-refractivity contribution in [1.82, 2.24) is 5.32 Å². The van der Waals surface area contributed by atoms with Gasteiger partial charge in [0.25, 0.3) is 0 Å². The number of hydrogen-bond acceptors (Lipinski definition) is 3. The highest BCUT2D eigenvalue weighted by atomic mass is 19.1. The van der Waals surface area contributed by atoms with Crippen molar-refractivity contribution in [1.29, 1.82) is 0 Å². The monoisotopic (exact) mass is 281 g/mol. The van der Waals surface area contributed by atoms with Gasteiger partial charge in [0.2, 0.25) is 0 Å². The van der Waals surface area contributed by atoms with Crippen molar-refractivity contribution in [3.05, 3.63) is 29.6 Å². The minimum Gasteiger partial charge on any atom is -0.494 e. The molecule has 1 heterocycles. The van der Waals surface area contributed by atoms with Crippen LogP contribution in [0.4, 0.5) is 4.39 Å². The molecule has 1 N–H and O–H groups in total. The summed E-state index contributed by atoms with van der Waals surface area (Å²) in [5.41, 5.74) is 0.989. The molecule has 0 bridgehead atoms. The highest BCUT2D eigenvalue weighted by Crippen LogP contribution is 2.29. The number of rotatable bonds is 7. The van der Waals surface area contributed by atoms with Gasteiger partial charge in [-0.15, -0.1) is 0 Å². The molecule has 0 aromatic heterocycles. The number of methoxy groups -OCH3 is 1. The van der Waals surface area contributed by atoms with Gasteiger partial charge in [-0.1, -0.05) is 13.0 Å². The highest BCUT2D eigenvalue weighted by Gasteiger charge is 2.22. The average Bonchev–Trinajstić information content (AvgIpc) is 2.96. The second-order valence-electron chi connectivity index (χ2n) is 5.37. The predicted octanol–water partition coefficient (Wildman–Crippen LogP) is 3.30. The standard InChI is InChI=1S/C16H24FNO2/c1-3-7-18-15(9-12-6-8-20-11-12)13-4-5-16(19-2)14(17)10-13/h4-5,10,12,15,18H,3,6-9,11H2,1-2H3. The molecule has 2 rings (SSSR count). The number of ether oxygens (including phenoxy) is 2. The molecule has 0 spiro atoms. The maximum atomic E-state index is 13.9. The van der Waals surface area contributed by atoms with Gasteiger partial charge in [-0.25, -0.2) is 4.39 Å². The molecule has 0 aliphatic carbocycles. The molecule has 0 radical (unpaired) electrons. The maximum Gasteiger partial charge on any atom is 0.165 e. The molecule has 1 aliphatic rings. The second kappa shape index (κ2) is 7.60. The lowest BCUT2D eigenvalue weighted by Gasteiger charge is -2.22. The van der Waals surface area contributed by atoms with E-state index >= 15 is 0 Å². The highest BCUT2D eigenvalue weighted by molar-refractivity contribution is 5.31. The first kappa shape index (κ1) is 15.3. The Morgan fingerprint density at radius 1 is 1.50 bits per heavy atom. The summed E-state index contributed by atoms with van der Waals surface area (Å²) < 4.78 is 24.3. The average molecular weight is 281 g/mol. The van der Waals surface area contributed by atoms with Crippen molar-refractivity contribution in [3.63, 3.8) is 0 Å². The normalized spacial score (nSPS) is 20.1. The summed E-state index contributed by atoms with van der Waals surface area (Å²) in [5, 5.41) is 3.51. The summed E-state index contributed by atoms with van der Waals surface area (Å²) >= 11 is 0. The summed E-state index contributed by atoms with van der Waals surface area (Å²) in [6, 6.07) is 5.42. The predicted molar refractivity (Wildman–Crippen MR) is 77.5 cm³/mol. The smallest absolute Gasteiger partial charge is 0.165 e. The van der Waals surface area contributed by atoms with Crippen LogP contribution >= 0.6 is 0 Å². The minimum absolute atomic E-state index is 0.182. The van der Waals surface area contributed by atoms with Crippen LogP contribution in [-0.2, 0) is 4.74 Å². The van der Waals surface area contributed by atoms with E-state index in [9.17, 15) is 4.39 Å². The Morgan fingerprint density at radius 3 is 2.95 bits per heavy atom. The zero-order valence-corrected chi connectivity index (χ0v) is 12.3. The van der Waals surface area contributed by atoms with Crippen molar-refractivity contribution < 1.29 is 13.9 Å². The number of nitrogens with one attached hydrogen (secondary N) is 1. The molecule has 3 nitrogen and oxygen atoms in total. The zero-order valence-electron chi connectivity index (χ0n) is 12.3. The second-order valence-corrected chi connectivity index (χ2v) is 5.37.